The van der Waals surface area contributed by atoms with Gasteiger partial charge in [-0.05, 0) is 55.8 Å². The molecule has 0 spiro atoms. The Balaban J connectivity index is 1.89. The largest absolute Gasteiger partial charge is 0.386 e. The van der Waals surface area contributed by atoms with Gasteiger partial charge < -0.3 is 5.11 Å². The number of halogens is 2. The first-order chi connectivity index (χ1) is 13.8. The third kappa shape index (κ3) is 3.26. The van der Waals surface area contributed by atoms with E-state index in [1.54, 1.807) is 42.9 Å². The molecule has 0 fully saturated rings. The van der Waals surface area contributed by atoms with Gasteiger partial charge in [-0.1, -0.05) is 18.2 Å². The van der Waals surface area contributed by atoms with E-state index in [0.29, 0.717) is 11.2 Å². The second-order valence-electron chi connectivity index (χ2n) is 7.29. The summed E-state index contributed by atoms with van der Waals surface area (Å²) in [6, 6.07) is 13.9. The summed E-state index contributed by atoms with van der Waals surface area (Å²) in [5.41, 5.74) is 1.74. The molecule has 1 aromatic heterocycles. The Bertz CT molecular complexity index is 1280. The SMILES string of the molecule is [C-]#[N+]c1cccc(F)c1-c1cc(-n2cnc3cc(C(C)(C)O)ccc32)ccc1F. The lowest BCUT2D eigenvalue weighted by atomic mass is 9.98. The average Bonchev–Trinajstić information content (AvgIpc) is 3.11. The number of fused-ring (bicyclic) bond motifs is 1. The number of rotatable bonds is 3. The molecule has 0 unspecified atom stereocenters. The lowest BCUT2D eigenvalue weighted by Crippen LogP contribution is -2.15. The molecule has 1 heterocycles. The molecule has 0 aliphatic rings. The standard InChI is InChI=1S/C23H17F2N3O/c1-23(2,29)14-7-10-21-20(11-14)27-13-28(21)15-8-9-17(24)16(12-15)22-18(25)5-4-6-19(22)26-3/h4-13,29H,1-2H3. The van der Waals surface area contributed by atoms with Gasteiger partial charge in [-0.25, -0.2) is 18.6 Å². The maximum atomic E-state index is 14.6. The van der Waals surface area contributed by atoms with Crippen LogP contribution in [0, 0.1) is 18.2 Å². The molecule has 0 saturated carbocycles. The number of imidazole rings is 1. The molecule has 0 amide bonds. The summed E-state index contributed by atoms with van der Waals surface area (Å²) in [5, 5.41) is 10.2. The number of aliphatic hydroxyl groups is 1. The second-order valence-corrected chi connectivity index (χ2v) is 7.29. The van der Waals surface area contributed by atoms with Crippen LogP contribution in [0.2, 0.25) is 0 Å². The van der Waals surface area contributed by atoms with E-state index in [0.717, 1.165) is 11.1 Å². The van der Waals surface area contributed by atoms with Crippen molar-refractivity contribution in [1.82, 2.24) is 9.55 Å². The summed E-state index contributed by atoms with van der Waals surface area (Å²) in [6.07, 6.45) is 1.59. The first kappa shape index (κ1) is 18.8. The number of nitrogens with zero attached hydrogens (tertiary/aromatic N) is 3. The van der Waals surface area contributed by atoms with Crippen LogP contribution in [0.3, 0.4) is 0 Å². The minimum atomic E-state index is -0.998. The maximum Gasteiger partial charge on any atom is 0.197 e. The molecule has 1 N–H and O–H groups in total. The van der Waals surface area contributed by atoms with Gasteiger partial charge in [0.05, 0.1) is 23.2 Å². The number of hydrogen-bond acceptors (Lipinski definition) is 2. The highest BCUT2D eigenvalue weighted by atomic mass is 19.1. The molecule has 3 aromatic carbocycles. The van der Waals surface area contributed by atoms with E-state index in [2.05, 4.69) is 9.83 Å². The molecule has 4 nitrogen and oxygen atoms in total. The lowest BCUT2D eigenvalue weighted by molar-refractivity contribution is 0.0787. The van der Waals surface area contributed by atoms with Crippen LogP contribution >= 0.6 is 0 Å². The Morgan fingerprint density at radius 2 is 1.83 bits per heavy atom. The quantitative estimate of drug-likeness (QED) is 0.454. The van der Waals surface area contributed by atoms with Crippen LogP contribution in [-0.2, 0) is 5.60 Å². The third-order valence-corrected chi connectivity index (χ3v) is 4.86. The van der Waals surface area contributed by atoms with Crippen molar-refractivity contribution in [2.75, 3.05) is 0 Å². The summed E-state index contributed by atoms with van der Waals surface area (Å²) in [6.45, 7) is 10.7. The minimum Gasteiger partial charge on any atom is -0.386 e. The van der Waals surface area contributed by atoms with Crippen molar-refractivity contribution in [3.8, 4) is 16.8 Å². The number of aromatic nitrogens is 2. The van der Waals surface area contributed by atoms with Gasteiger partial charge in [0.15, 0.2) is 5.69 Å². The fraction of sp³-hybridized carbons (Fsp3) is 0.130. The lowest BCUT2D eigenvalue weighted by Gasteiger charge is -2.17. The molecule has 29 heavy (non-hydrogen) atoms. The Morgan fingerprint density at radius 3 is 2.55 bits per heavy atom. The van der Waals surface area contributed by atoms with Crippen LogP contribution in [0.5, 0.6) is 0 Å². The fourth-order valence-electron chi connectivity index (χ4n) is 3.33. The molecule has 0 aliphatic carbocycles. The summed E-state index contributed by atoms with van der Waals surface area (Å²) in [4.78, 5) is 7.71. The average molecular weight is 389 g/mol. The van der Waals surface area contributed by atoms with Crippen molar-refractivity contribution < 1.29 is 13.9 Å². The van der Waals surface area contributed by atoms with Crippen molar-refractivity contribution in [1.29, 1.82) is 0 Å². The van der Waals surface area contributed by atoms with Crippen LogP contribution in [0.25, 0.3) is 32.7 Å². The third-order valence-electron chi connectivity index (χ3n) is 4.86. The van der Waals surface area contributed by atoms with Crippen LogP contribution < -0.4 is 0 Å². The molecular formula is C23H17F2N3O. The van der Waals surface area contributed by atoms with Crippen molar-refractivity contribution in [3.05, 3.63) is 89.5 Å². The smallest absolute Gasteiger partial charge is 0.197 e. The molecule has 6 heteroatoms. The van der Waals surface area contributed by atoms with Crippen LogP contribution in [0.4, 0.5) is 14.5 Å². The zero-order valence-corrected chi connectivity index (χ0v) is 15.8. The van der Waals surface area contributed by atoms with Crippen molar-refractivity contribution in [2.24, 2.45) is 0 Å². The molecule has 4 rings (SSSR count). The van der Waals surface area contributed by atoms with Gasteiger partial charge in [-0.3, -0.25) is 4.57 Å². The van der Waals surface area contributed by atoms with Gasteiger partial charge in [-0.15, -0.1) is 0 Å². The molecule has 0 radical (unpaired) electrons. The van der Waals surface area contributed by atoms with Crippen molar-refractivity contribution in [3.63, 3.8) is 0 Å². The highest BCUT2D eigenvalue weighted by molar-refractivity contribution is 5.82. The van der Waals surface area contributed by atoms with E-state index in [1.807, 2.05) is 6.07 Å². The molecular weight excluding hydrogens is 372 g/mol. The Hall–Kier alpha value is -3.56. The highest BCUT2D eigenvalue weighted by Gasteiger charge is 2.19. The topological polar surface area (TPSA) is 42.4 Å². The van der Waals surface area contributed by atoms with Crippen LogP contribution in [-0.4, -0.2) is 14.7 Å². The van der Waals surface area contributed by atoms with Crippen molar-refractivity contribution >= 4 is 16.7 Å². The summed E-state index contributed by atoms with van der Waals surface area (Å²) in [5.74, 6) is -1.27. The van der Waals surface area contributed by atoms with E-state index < -0.39 is 17.2 Å². The minimum absolute atomic E-state index is 0.0153. The second kappa shape index (κ2) is 6.80. The molecule has 0 saturated heterocycles. The molecule has 0 bridgehead atoms. The van der Waals surface area contributed by atoms with Gasteiger partial charge in [0.1, 0.15) is 18.0 Å². The summed E-state index contributed by atoms with van der Waals surface area (Å²) >= 11 is 0. The van der Waals surface area contributed by atoms with E-state index in [-0.39, 0.29) is 16.8 Å². The number of benzene rings is 3. The summed E-state index contributed by atoms with van der Waals surface area (Å²) < 4.78 is 30.8. The fourth-order valence-corrected chi connectivity index (χ4v) is 3.33. The monoisotopic (exact) mass is 389 g/mol. The molecule has 4 aromatic rings. The molecule has 0 aliphatic heterocycles. The Morgan fingerprint density at radius 1 is 1.03 bits per heavy atom. The van der Waals surface area contributed by atoms with Gasteiger partial charge in [0.2, 0.25) is 0 Å². The Kier molecular flexibility index (Phi) is 4.40. The highest BCUT2D eigenvalue weighted by Crippen LogP contribution is 2.36. The van der Waals surface area contributed by atoms with E-state index in [4.69, 9.17) is 6.57 Å². The van der Waals surface area contributed by atoms with E-state index in [9.17, 15) is 13.9 Å². The van der Waals surface area contributed by atoms with E-state index in [1.165, 1.54) is 30.3 Å². The van der Waals surface area contributed by atoms with E-state index >= 15 is 0 Å². The van der Waals surface area contributed by atoms with Crippen molar-refractivity contribution in [2.45, 2.75) is 19.4 Å². The van der Waals surface area contributed by atoms with Crippen LogP contribution in [0.15, 0.2) is 60.9 Å². The van der Waals surface area contributed by atoms with Gasteiger partial charge in [0, 0.05) is 16.8 Å². The predicted molar refractivity (Wildman–Crippen MR) is 108 cm³/mol. The number of hydrogen-bond donors (Lipinski definition) is 1. The first-order valence-corrected chi connectivity index (χ1v) is 8.96. The first-order valence-electron chi connectivity index (χ1n) is 8.96. The normalized spacial score (nSPS) is 11.6. The molecule has 0 atom stereocenters. The zero-order valence-electron chi connectivity index (χ0n) is 15.8. The zero-order chi connectivity index (χ0) is 20.8. The Labute approximate surface area is 166 Å². The van der Waals surface area contributed by atoms with Crippen LogP contribution in [0.1, 0.15) is 19.4 Å². The predicted octanol–water partition coefficient (Wildman–Crippen LogP) is 5.75. The molecule has 144 valence electrons. The van der Waals surface area contributed by atoms with Gasteiger partial charge in [-0.2, -0.15) is 0 Å². The van der Waals surface area contributed by atoms with Gasteiger partial charge in [0.25, 0.3) is 0 Å². The maximum absolute atomic E-state index is 14.6. The summed E-state index contributed by atoms with van der Waals surface area (Å²) in [7, 11) is 0. The van der Waals surface area contributed by atoms with Gasteiger partial charge >= 0.3 is 0 Å².